The van der Waals surface area contributed by atoms with E-state index in [0.717, 1.165) is 12.1 Å². The Morgan fingerprint density at radius 3 is 2.47 bits per heavy atom. The number of nitrogens with one attached hydrogen (secondary N) is 1. The van der Waals surface area contributed by atoms with Crippen molar-refractivity contribution in [1.82, 2.24) is 9.88 Å². The molecule has 0 aliphatic heterocycles. The minimum absolute atomic E-state index is 0.161. The van der Waals surface area contributed by atoms with E-state index in [1.807, 2.05) is 59.4 Å². The number of hydrogen-bond donors (Lipinski definition) is 2. The van der Waals surface area contributed by atoms with E-state index < -0.39 is 5.54 Å². The fourth-order valence-corrected chi connectivity index (χ4v) is 1.92. The molecule has 19 heavy (non-hydrogen) atoms. The predicted octanol–water partition coefficient (Wildman–Crippen LogP) is 1.48. The summed E-state index contributed by atoms with van der Waals surface area (Å²) >= 11 is 0. The Bertz CT molecular complexity index is 518. The van der Waals surface area contributed by atoms with Crippen molar-refractivity contribution in [3.8, 4) is 0 Å². The van der Waals surface area contributed by atoms with Gasteiger partial charge in [-0.15, -0.1) is 0 Å². The molecule has 3 N–H and O–H groups in total. The van der Waals surface area contributed by atoms with Crippen LogP contribution in [0.3, 0.4) is 0 Å². The van der Waals surface area contributed by atoms with Crippen LogP contribution in [0.4, 0.5) is 0 Å². The molecule has 1 aromatic carbocycles. The molecular formula is C15H19N3O. The maximum absolute atomic E-state index is 12.1. The lowest BCUT2D eigenvalue weighted by Gasteiger charge is -2.24. The molecular weight excluding hydrogens is 238 g/mol. The minimum atomic E-state index is -1.00. The quantitative estimate of drug-likeness (QED) is 0.852. The Labute approximate surface area is 113 Å². The second kappa shape index (κ2) is 5.71. The van der Waals surface area contributed by atoms with E-state index in [-0.39, 0.29) is 5.91 Å². The molecule has 4 heteroatoms. The lowest BCUT2D eigenvalue weighted by molar-refractivity contribution is -0.126. The van der Waals surface area contributed by atoms with Crippen LogP contribution in [0.2, 0.25) is 0 Å². The highest BCUT2D eigenvalue weighted by molar-refractivity contribution is 5.86. The first-order valence-corrected chi connectivity index (χ1v) is 6.34. The van der Waals surface area contributed by atoms with Gasteiger partial charge in [-0.1, -0.05) is 30.3 Å². The first kappa shape index (κ1) is 13.4. The third-order valence-electron chi connectivity index (χ3n) is 3.17. The van der Waals surface area contributed by atoms with Gasteiger partial charge >= 0.3 is 0 Å². The summed E-state index contributed by atoms with van der Waals surface area (Å²) in [6, 6.07) is 13.3. The standard InChI is InChI=1S/C15H19N3O/c1-15(16,13-7-3-2-4-8-13)14(19)17-9-12-18-10-5-6-11-18/h2-8,10-11H,9,12,16H2,1H3,(H,17,19). The van der Waals surface area contributed by atoms with Gasteiger partial charge in [-0.05, 0) is 24.6 Å². The highest BCUT2D eigenvalue weighted by atomic mass is 16.2. The largest absolute Gasteiger partial charge is 0.353 e. The molecule has 1 unspecified atom stereocenters. The number of carbonyl (C=O) groups excluding carboxylic acids is 1. The second-order valence-electron chi connectivity index (χ2n) is 4.75. The maximum atomic E-state index is 12.1. The molecule has 100 valence electrons. The monoisotopic (exact) mass is 257 g/mol. The summed E-state index contributed by atoms with van der Waals surface area (Å²) in [7, 11) is 0. The molecule has 0 bridgehead atoms. The van der Waals surface area contributed by atoms with Gasteiger partial charge in [0.05, 0.1) is 0 Å². The fourth-order valence-electron chi connectivity index (χ4n) is 1.92. The summed E-state index contributed by atoms with van der Waals surface area (Å²) in [5.74, 6) is -0.161. The van der Waals surface area contributed by atoms with Gasteiger partial charge in [0, 0.05) is 25.5 Å². The van der Waals surface area contributed by atoms with E-state index in [2.05, 4.69) is 5.32 Å². The van der Waals surface area contributed by atoms with Gasteiger partial charge in [-0.3, -0.25) is 4.79 Å². The van der Waals surface area contributed by atoms with Crippen molar-refractivity contribution in [2.75, 3.05) is 6.54 Å². The lowest BCUT2D eigenvalue weighted by Crippen LogP contribution is -2.49. The zero-order chi connectivity index (χ0) is 13.7. The van der Waals surface area contributed by atoms with E-state index in [1.165, 1.54) is 0 Å². The minimum Gasteiger partial charge on any atom is -0.353 e. The third kappa shape index (κ3) is 3.23. The van der Waals surface area contributed by atoms with Crippen LogP contribution in [-0.2, 0) is 16.9 Å². The molecule has 0 aliphatic rings. The molecule has 2 aromatic rings. The molecule has 0 radical (unpaired) electrons. The van der Waals surface area contributed by atoms with Crippen LogP contribution < -0.4 is 11.1 Å². The number of hydrogen-bond acceptors (Lipinski definition) is 2. The summed E-state index contributed by atoms with van der Waals surface area (Å²) in [6.45, 7) is 3.03. The molecule has 0 saturated heterocycles. The molecule has 1 aromatic heterocycles. The molecule has 4 nitrogen and oxygen atoms in total. The van der Waals surface area contributed by atoms with Crippen molar-refractivity contribution in [1.29, 1.82) is 0 Å². The fraction of sp³-hybridized carbons (Fsp3) is 0.267. The van der Waals surface area contributed by atoms with E-state index in [4.69, 9.17) is 5.73 Å². The Morgan fingerprint density at radius 1 is 1.21 bits per heavy atom. The van der Waals surface area contributed by atoms with Crippen LogP contribution in [0.25, 0.3) is 0 Å². The van der Waals surface area contributed by atoms with Crippen LogP contribution in [0.5, 0.6) is 0 Å². The zero-order valence-electron chi connectivity index (χ0n) is 11.0. The number of carbonyl (C=O) groups is 1. The van der Waals surface area contributed by atoms with Crippen LogP contribution in [-0.4, -0.2) is 17.0 Å². The average Bonchev–Trinajstić information content (AvgIpc) is 2.93. The zero-order valence-corrected chi connectivity index (χ0v) is 11.0. The second-order valence-corrected chi connectivity index (χ2v) is 4.75. The number of nitrogens with zero attached hydrogens (tertiary/aromatic N) is 1. The van der Waals surface area contributed by atoms with Crippen molar-refractivity contribution in [3.05, 3.63) is 60.4 Å². The highest BCUT2D eigenvalue weighted by Gasteiger charge is 2.29. The summed E-state index contributed by atoms with van der Waals surface area (Å²) in [5, 5.41) is 2.87. The summed E-state index contributed by atoms with van der Waals surface area (Å²) in [4.78, 5) is 12.1. The van der Waals surface area contributed by atoms with E-state index in [0.29, 0.717) is 6.54 Å². The number of nitrogens with two attached hydrogens (primary N) is 1. The van der Waals surface area contributed by atoms with Crippen molar-refractivity contribution in [2.45, 2.75) is 19.0 Å². The van der Waals surface area contributed by atoms with E-state index in [1.54, 1.807) is 6.92 Å². The van der Waals surface area contributed by atoms with Gasteiger partial charge in [0.15, 0.2) is 0 Å². The van der Waals surface area contributed by atoms with Gasteiger partial charge in [0.1, 0.15) is 5.54 Å². The van der Waals surface area contributed by atoms with Gasteiger partial charge in [-0.25, -0.2) is 0 Å². The first-order chi connectivity index (χ1) is 9.10. The molecule has 1 amide bonds. The molecule has 0 spiro atoms. The molecule has 0 fully saturated rings. The molecule has 1 atom stereocenters. The molecule has 1 heterocycles. The summed E-state index contributed by atoms with van der Waals surface area (Å²) in [6.07, 6.45) is 3.93. The van der Waals surface area contributed by atoms with E-state index >= 15 is 0 Å². The number of amides is 1. The maximum Gasteiger partial charge on any atom is 0.244 e. The molecule has 2 rings (SSSR count). The van der Waals surface area contributed by atoms with Crippen molar-refractivity contribution >= 4 is 5.91 Å². The van der Waals surface area contributed by atoms with E-state index in [9.17, 15) is 4.79 Å². The van der Waals surface area contributed by atoms with Crippen LogP contribution in [0.1, 0.15) is 12.5 Å². The lowest BCUT2D eigenvalue weighted by atomic mass is 9.92. The normalized spacial score (nSPS) is 13.8. The Balaban J connectivity index is 1.92. The van der Waals surface area contributed by atoms with Crippen LogP contribution >= 0.6 is 0 Å². The summed E-state index contributed by atoms with van der Waals surface area (Å²) in [5.41, 5.74) is 5.93. The first-order valence-electron chi connectivity index (χ1n) is 6.34. The van der Waals surface area contributed by atoms with Gasteiger partial charge in [-0.2, -0.15) is 0 Å². The molecule has 0 saturated carbocycles. The smallest absolute Gasteiger partial charge is 0.244 e. The Kier molecular flexibility index (Phi) is 4.02. The number of rotatable bonds is 5. The molecule has 0 aliphatic carbocycles. The van der Waals surface area contributed by atoms with Crippen LogP contribution in [0.15, 0.2) is 54.9 Å². The topological polar surface area (TPSA) is 60.1 Å². The van der Waals surface area contributed by atoms with Crippen molar-refractivity contribution < 1.29 is 4.79 Å². The van der Waals surface area contributed by atoms with Gasteiger partial charge < -0.3 is 15.6 Å². The SMILES string of the molecule is CC(N)(C(=O)NCCn1cccc1)c1ccccc1. The Morgan fingerprint density at radius 2 is 1.84 bits per heavy atom. The number of benzene rings is 1. The van der Waals surface area contributed by atoms with Crippen molar-refractivity contribution in [2.24, 2.45) is 5.73 Å². The Hall–Kier alpha value is -2.07. The van der Waals surface area contributed by atoms with Gasteiger partial charge in [0.25, 0.3) is 0 Å². The van der Waals surface area contributed by atoms with Gasteiger partial charge in [0.2, 0.25) is 5.91 Å². The summed E-state index contributed by atoms with van der Waals surface area (Å²) < 4.78 is 2.01. The number of aromatic nitrogens is 1. The highest BCUT2D eigenvalue weighted by Crippen LogP contribution is 2.17. The third-order valence-corrected chi connectivity index (χ3v) is 3.17. The van der Waals surface area contributed by atoms with Crippen LogP contribution in [0, 0.1) is 0 Å². The average molecular weight is 257 g/mol. The predicted molar refractivity (Wildman–Crippen MR) is 75.4 cm³/mol. The van der Waals surface area contributed by atoms with Crippen molar-refractivity contribution in [3.63, 3.8) is 0 Å².